The van der Waals surface area contributed by atoms with E-state index in [4.69, 9.17) is 0 Å². The average molecular weight is 302 g/mol. The van der Waals surface area contributed by atoms with Gasteiger partial charge in [0.1, 0.15) is 12.2 Å². The van der Waals surface area contributed by atoms with Crippen LogP contribution in [0.25, 0.3) is 10.9 Å². The highest BCUT2D eigenvalue weighted by molar-refractivity contribution is 6.00. The van der Waals surface area contributed by atoms with E-state index in [1.807, 2.05) is 39.0 Å². The van der Waals surface area contributed by atoms with Gasteiger partial charge in [-0.2, -0.15) is 0 Å². The summed E-state index contributed by atoms with van der Waals surface area (Å²) in [4.78, 5) is 25.8. The maximum absolute atomic E-state index is 12.4. The first-order valence-electron chi connectivity index (χ1n) is 7.51. The van der Waals surface area contributed by atoms with Crippen molar-refractivity contribution in [2.75, 3.05) is 13.1 Å². The minimum absolute atomic E-state index is 0.0541. The highest BCUT2D eigenvalue weighted by atomic mass is 16.4. The standard InChI is InChI=1S/C17H22N2O3/c1-5-18(6-2)14(20)10-19-15-11(3)8-7-9-13(15)12(4)16(19)17(21)22/h7-9H,5-6,10H2,1-4H3,(H,21,22). The lowest BCUT2D eigenvalue weighted by molar-refractivity contribution is -0.131. The lowest BCUT2D eigenvalue weighted by atomic mass is 10.1. The third kappa shape index (κ3) is 2.58. The summed E-state index contributed by atoms with van der Waals surface area (Å²) in [6.07, 6.45) is 0. The van der Waals surface area contributed by atoms with Crippen molar-refractivity contribution < 1.29 is 14.7 Å². The van der Waals surface area contributed by atoms with Crippen LogP contribution in [-0.2, 0) is 11.3 Å². The average Bonchev–Trinajstić information content (AvgIpc) is 2.74. The highest BCUT2D eigenvalue weighted by Gasteiger charge is 2.23. The Balaban J connectivity index is 2.63. The van der Waals surface area contributed by atoms with Gasteiger partial charge in [0.25, 0.3) is 0 Å². The second-order valence-corrected chi connectivity index (χ2v) is 5.40. The number of amides is 1. The number of aromatic carboxylic acids is 1. The molecule has 0 bridgehead atoms. The molecular formula is C17H22N2O3. The summed E-state index contributed by atoms with van der Waals surface area (Å²) in [5, 5.41) is 10.5. The predicted octanol–water partition coefficient (Wildman–Crippen LogP) is 2.82. The van der Waals surface area contributed by atoms with Crippen molar-refractivity contribution in [1.82, 2.24) is 9.47 Å². The molecule has 5 nitrogen and oxygen atoms in total. The zero-order chi connectivity index (χ0) is 16.4. The minimum atomic E-state index is -1.000. The summed E-state index contributed by atoms with van der Waals surface area (Å²) in [5.41, 5.74) is 2.71. The molecular weight excluding hydrogens is 280 g/mol. The molecule has 1 aromatic heterocycles. The number of hydrogen-bond donors (Lipinski definition) is 1. The van der Waals surface area contributed by atoms with Crippen molar-refractivity contribution in [1.29, 1.82) is 0 Å². The molecule has 0 radical (unpaired) electrons. The van der Waals surface area contributed by atoms with Crippen LogP contribution in [0.2, 0.25) is 0 Å². The Morgan fingerprint density at radius 2 is 1.82 bits per heavy atom. The van der Waals surface area contributed by atoms with Crippen LogP contribution in [0.1, 0.15) is 35.5 Å². The first-order chi connectivity index (χ1) is 10.4. The molecule has 2 aromatic rings. The Morgan fingerprint density at radius 3 is 2.36 bits per heavy atom. The van der Waals surface area contributed by atoms with E-state index >= 15 is 0 Å². The van der Waals surface area contributed by atoms with Gasteiger partial charge in [-0.3, -0.25) is 4.79 Å². The second-order valence-electron chi connectivity index (χ2n) is 5.40. The number of rotatable bonds is 5. The second kappa shape index (κ2) is 6.22. The summed E-state index contributed by atoms with van der Waals surface area (Å²) in [5.74, 6) is -1.06. The molecule has 1 amide bonds. The SMILES string of the molecule is CCN(CC)C(=O)Cn1c(C(=O)O)c(C)c2cccc(C)c21. The zero-order valence-corrected chi connectivity index (χ0v) is 13.5. The molecule has 1 N–H and O–H groups in total. The van der Waals surface area contributed by atoms with Gasteiger partial charge in [0, 0.05) is 18.5 Å². The fourth-order valence-corrected chi connectivity index (χ4v) is 3.01. The molecule has 1 aromatic carbocycles. The van der Waals surface area contributed by atoms with E-state index in [2.05, 4.69) is 0 Å². The number of carboxylic acids is 1. The Bertz CT molecular complexity index is 727. The van der Waals surface area contributed by atoms with Gasteiger partial charge in [0.05, 0.1) is 5.52 Å². The van der Waals surface area contributed by atoms with E-state index < -0.39 is 5.97 Å². The molecule has 2 rings (SSSR count). The van der Waals surface area contributed by atoms with Crippen LogP contribution in [0.3, 0.4) is 0 Å². The van der Waals surface area contributed by atoms with E-state index in [9.17, 15) is 14.7 Å². The van der Waals surface area contributed by atoms with Crippen molar-refractivity contribution in [3.05, 3.63) is 35.0 Å². The first-order valence-corrected chi connectivity index (χ1v) is 7.51. The van der Waals surface area contributed by atoms with Crippen LogP contribution in [0, 0.1) is 13.8 Å². The van der Waals surface area contributed by atoms with Crippen LogP contribution < -0.4 is 0 Å². The molecule has 1 heterocycles. The number of aryl methyl sites for hydroxylation is 2. The molecule has 0 saturated carbocycles. The number of hydrogen-bond acceptors (Lipinski definition) is 2. The number of nitrogens with zero attached hydrogens (tertiary/aromatic N) is 2. The Morgan fingerprint density at radius 1 is 1.18 bits per heavy atom. The van der Waals surface area contributed by atoms with Crippen LogP contribution in [-0.4, -0.2) is 39.5 Å². The number of fused-ring (bicyclic) bond motifs is 1. The number of likely N-dealkylation sites (N-methyl/N-ethyl adjacent to an activating group) is 1. The summed E-state index contributed by atoms with van der Waals surface area (Å²) in [7, 11) is 0. The zero-order valence-electron chi connectivity index (χ0n) is 13.5. The van der Waals surface area contributed by atoms with Gasteiger partial charge in [0.2, 0.25) is 5.91 Å². The smallest absolute Gasteiger partial charge is 0.352 e. The molecule has 5 heteroatoms. The molecule has 0 aliphatic rings. The van der Waals surface area contributed by atoms with E-state index in [1.165, 1.54) is 0 Å². The summed E-state index contributed by atoms with van der Waals surface area (Å²) in [6.45, 7) is 8.87. The Kier molecular flexibility index (Phi) is 4.54. The molecule has 118 valence electrons. The van der Waals surface area contributed by atoms with Crippen LogP contribution in [0.5, 0.6) is 0 Å². The summed E-state index contributed by atoms with van der Waals surface area (Å²) in [6, 6.07) is 5.75. The van der Waals surface area contributed by atoms with Gasteiger partial charge in [-0.25, -0.2) is 4.79 Å². The largest absolute Gasteiger partial charge is 0.477 e. The molecule has 0 saturated heterocycles. The highest BCUT2D eigenvalue weighted by Crippen LogP contribution is 2.28. The molecule has 0 aliphatic heterocycles. The van der Waals surface area contributed by atoms with Gasteiger partial charge in [0.15, 0.2) is 0 Å². The molecule has 22 heavy (non-hydrogen) atoms. The number of carboxylic acid groups (broad SMARTS) is 1. The molecule has 0 aliphatic carbocycles. The fourth-order valence-electron chi connectivity index (χ4n) is 3.01. The fraction of sp³-hybridized carbons (Fsp3) is 0.412. The Hall–Kier alpha value is -2.30. The monoisotopic (exact) mass is 302 g/mol. The topological polar surface area (TPSA) is 62.5 Å². The molecule has 0 atom stereocenters. The van der Waals surface area contributed by atoms with Crippen LogP contribution in [0.15, 0.2) is 18.2 Å². The molecule has 0 spiro atoms. The third-order valence-electron chi connectivity index (χ3n) is 4.15. The van der Waals surface area contributed by atoms with Gasteiger partial charge in [-0.05, 0) is 38.8 Å². The maximum Gasteiger partial charge on any atom is 0.352 e. The van der Waals surface area contributed by atoms with E-state index in [-0.39, 0.29) is 18.1 Å². The van der Waals surface area contributed by atoms with E-state index in [0.717, 1.165) is 16.5 Å². The molecule has 0 fully saturated rings. The van der Waals surface area contributed by atoms with Gasteiger partial charge in [-0.15, -0.1) is 0 Å². The van der Waals surface area contributed by atoms with Crippen LogP contribution >= 0.6 is 0 Å². The van der Waals surface area contributed by atoms with Gasteiger partial charge >= 0.3 is 5.97 Å². The van der Waals surface area contributed by atoms with Crippen molar-refractivity contribution >= 4 is 22.8 Å². The predicted molar refractivity (Wildman–Crippen MR) is 86.3 cm³/mol. The first kappa shape index (κ1) is 16.1. The lowest BCUT2D eigenvalue weighted by Crippen LogP contribution is -2.34. The van der Waals surface area contributed by atoms with E-state index in [0.29, 0.717) is 18.7 Å². The number of para-hydroxylation sites is 1. The molecule has 0 unspecified atom stereocenters. The van der Waals surface area contributed by atoms with Crippen molar-refractivity contribution in [2.45, 2.75) is 34.2 Å². The number of benzene rings is 1. The number of carbonyl (C=O) groups is 2. The Labute approximate surface area is 130 Å². The van der Waals surface area contributed by atoms with Crippen LogP contribution in [0.4, 0.5) is 0 Å². The van der Waals surface area contributed by atoms with Crippen molar-refractivity contribution in [3.8, 4) is 0 Å². The third-order valence-corrected chi connectivity index (χ3v) is 4.15. The van der Waals surface area contributed by atoms with Gasteiger partial charge in [-0.1, -0.05) is 18.2 Å². The summed E-state index contributed by atoms with van der Waals surface area (Å²) >= 11 is 0. The summed E-state index contributed by atoms with van der Waals surface area (Å²) < 4.78 is 1.64. The maximum atomic E-state index is 12.4. The number of aromatic nitrogens is 1. The van der Waals surface area contributed by atoms with E-state index in [1.54, 1.807) is 16.4 Å². The minimum Gasteiger partial charge on any atom is -0.477 e. The normalized spacial score (nSPS) is 10.9. The lowest BCUT2D eigenvalue weighted by Gasteiger charge is -2.20. The quantitative estimate of drug-likeness (QED) is 0.923. The van der Waals surface area contributed by atoms with Gasteiger partial charge < -0.3 is 14.6 Å². The number of carbonyl (C=O) groups excluding carboxylic acids is 1. The van der Waals surface area contributed by atoms with Crippen molar-refractivity contribution in [2.24, 2.45) is 0 Å². The van der Waals surface area contributed by atoms with Crippen molar-refractivity contribution in [3.63, 3.8) is 0 Å².